The molecule has 1 aromatic carbocycles. The van der Waals surface area contributed by atoms with Crippen LogP contribution in [0, 0.1) is 0 Å². The maximum absolute atomic E-state index is 11.7. The largest absolute Gasteiger partial charge is 0.383 e. The van der Waals surface area contributed by atoms with E-state index in [0.29, 0.717) is 10.9 Å². The molecular weight excluding hydrogens is 226 g/mol. The fourth-order valence-corrected chi connectivity index (χ4v) is 2.32. The Hall–Kier alpha value is -1.69. The van der Waals surface area contributed by atoms with E-state index in [0.717, 1.165) is 0 Å². The molecule has 0 fully saturated rings. The van der Waals surface area contributed by atoms with E-state index < -0.39 is 9.84 Å². The van der Waals surface area contributed by atoms with Gasteiger partial charge in [-0.05, 0) is 18.2 Å². The van der Waals surface area contributed by atoms with Crippen LogP contribution in [-0.4, -0.2) is 24.1 Å². The summed E-state index contributed by atoms with van der Waals surface area (Å²) < 4.78 is 23.3. The van der Waals surface area contributed by atoms with E-state index in [9.17, 15) is 8.42 Å². The number of rotatable bonds is 2. The van der Waals surface area contributed by atoms with E-state index in [2.05, 4.69) is 9.97 Å². The van der Waals surface area contributed by atoms with Gasteiger partial charge in [0, 0.05) is 5.39 Å². The van der Waals surface area contributed by atoms with Crippen molar-refractivity contribution in [3.05, 3.63) is 24.5 Å². The van der Waals surface area contributed by atoms with Gasteiger partial charge in [-0.1, -0.05) is 6.92 Å². The number of anilines is 1. The van der Waals surface area contributed by atoms with Crippen molar-refractivity contribution in [1.29, 1.82) is 0 Å². The number of sulfone groups is 1. The first-order valence-electron chi connectivity index (χ1n) is 4.77. The summed E-state index contributed by atoms with van der Waals surface area (Å²) in [6, 6.07) is 4.69. The molecule has 84 valence electrons. The molecule has 0 unspecified atom stereocenters. The van der Waals surface area contributed by atoms with E-state index in [1.165, 1.54) is 18.5 Å². The smallest absolute Gasteiger partial charge is 0.178 e. The highest BCUT2D eigenvalue weighted by molar-refractivity contribution is 7.91. The predicted octanol–water partition coefficient (Wildman–Crippen LogP) is 1.01. The third kappa shape index (κ3) is 1.71. The first kappa shape index (κ1) is 10.8. The molecular formula is C10H11N3O2S. The van der Waals surface area contributed by atoms with Gasteiger partial charge in [0.2, 0.25) is 0 Å². The van der Waals surface area contributed by atoms with E-state index >= 15 is 0 Å². The second kappa shape index (κ2) is 3.71. The van der Waals surface area contributed by atoms with Gasteiger partial charge in [-0.15, -0.1) is 0 Å². The molecule has 0 saturated heterocycles. The molecule has 0 spiro atoms. The van der Waals surface area contributed by atoms with Crippen LogP contribution in [0.2, 0.25) is 0 Å². The molecule has 0 aliphatic rings. The highest BCUT2D eigenvalue weighted by Gasteiger charge is 2.12. The zero-order valence-corrected chi connectivity index (χ0v) is 9.53. The summed E-state index contributed by atoms with van der Waals surface area (Å²) in [5.74, 6) is 0.352. The first-order chi connectivity index (χ1) is 7.54. The van der Waals surface area contributed by atoms with Crippen molar-refractivity contribution in [3.63, 3.8) is 0 Å². The summed E-state index contributed by atoms with van der Waals surface area (Å²) in [5.41, 5.74) is 6.31. The van der Waals surface area contributed by atoms with Gasteiger partial charge in [0.15, 0.2) is 9.84 Å². The zero-order chi connectivity index (χ0) is 11.8. The SMILES string of the molecule is CCS(=O)(=O)c1ccc2ncnc(N)c2c1. The average Bonchev–Trinajstić information content (AvgIpc) is 2.29. The molecule has 5 nitrogen and oxygen atoms in total. The molecule has 0 saturated carbocycles. The van der Waals surface area contributed by atoms with E-state index in [4.69, 9.17) is 5.73 Å². The number of hydrogen-bond acceptors (Lipinski definition) is 5. The molecule has 2 aromatic rings. The lowest BCUT2D eigenvalue weighted by Gasteiger charge is -2.04. The number of nitrogens with zero attached hydrogens (tertiary/aromatic N) is 2. The fraction of sp³-hybridized carbons (Fsp3) is 0.200. The van der Waals surface area contributed by atoms with Crippen molar-refractivity contribution >= 4 is 26.6 Å². The maximum Gasteiger partial charge on any atom is 0.178 e. The van der Waals surface area contributed by atoms with Crippen molar-refractivity contribution in [3.8, 4) is 0 Å². The lowest BCUT2D eigenvalue weighted by atomic mass is 10.2. The van der Waals surface area contributed by atoms with E-state index in [1.54, 1.807) is 13.0 Å². The Bertz CT molecular complexity index is 638. The lowest BCUT2D eigenvalue weighted by molar-refractivity contribution is 0.597. The van der Waals surface area contributed by atoms with Crippen LogP contribution in [0.4, 0.5) is 5.82 Å². The summed E-state index contributed by atoms with van der Waals surface area (Å²) in [4.78, 5) is 8.09. The molecule has 0 aliphatic carbocycles. The molecule has 16 heavy (non-hydrogen) atoms. The van der Waals surface area contributed by atoms with Crippen LogP contribution < -0.4 is 5.73 Å². The fourth-order valence-electron chi connectivity index (χ4n) is 1.42. The van der Waals surface area contributed by atoms with Crippen LogP contribution in [0.15, 0.2) is 29.4 Å². The number of nitrogens with two attached hydrogens (primary N) is 1. The minimum atomic E-state index is -3.22. The molecule has 0 amide bonds. The second-order valence-corrected chi connectivity index (χ2v) is 5.62. The Morgan fingerprint density at radius 1 is 1.31 bits per heavy atom. The average molecular weight is 237 g/mol. The number of aromatic nitrogens is 2. The highest BCUT2D eigenvalue weighted by atomic mass is 32.2. The molecule has 2 rings (SSSR count). The van der Waals surface area contributed by atoms with E-state index in [1.807, 2.05) is 0 Å². The minimum absolute atomic E-state index is 0.0616. The number of hydrogen-bond donors (Lipinski definition) is 1. The second-order valence-electron chi connectivity index (χ2n) is 3.34. The summed E-state index contributed by atoms with van der Waals surface area (Å²) in [6.07, 6.45) is 1.35. The van der Waals surface area contributed by atoms with Crippen LogP contribution in [0.1, 0.15) is 6.92 Å². The maximum atomic E-state index is 11.7. The van der Waals surface area contributed by atoms with Gasteiger partial charge in [0.1, 0.15) is 12.1 Å². The van der Waals surface area contributed by atoms with Crippen molar-refractivity contribution in [2.24, 2.45) is 0 Å². The highest BCUT2D eigenvalue weighted by Crippen LogP contribution is 2.21. The molecule has 0 atom stereocenters. The van der Waals surface area contributed by atoms with E-state index in [-0.39, 0.29) is 16.5 Å². The molecule has 6 heteroatoms. The van der Waals surface area contributed by atoms with Gasteiger partial charge in [-0.2, -0.15) is 0 Å². The number of nitrogen functional groups attached to an aromatic ring is 1. The van der Waals surface area contributed by atoms with Crippen molar-refractivity contribution in [2.45, 2.75) is 11.8 Å². The molecule has 1 aromatic heterocycles. The molecule has 0 bridgehead atoms. The third-order valence-electron chi connectivity index (χ3n) is 2.38. The van der Waals surface area contributed by atoms with Gasteiger partial charge < -0.3 is 5.73 Å². The van der Waals surface area contributed by atoms with Crippen molar-refractivity contribution < 1.29 is 8.42 Å². The minimum Gasteiger partial charge on any atom is -0.383 e. The zero-order valence-electron chi connectivity index (χ0n) is 8.71. The first-order valence-corrected chi connectivity index (χ1v) is 6.43. The van der Waals surface area contributed by atoms with Crippen LogP contribution in [0.3, 0.4) is 0 Å². The van der Waals surface area contributed by atoms with Crippen LogP contribution in [-0.2, 0) is 9.84 Å². The van der Waals surface area contributed by atoms with Gasteiger partial charge >= 0.3 is 0 Å². The van der Waals surface area contributed by atoms with Crippen LogP contribution >= 0.6 is 0 Å². The van der Waals surface area contributed by atoms with Gasteiger partial charge in [-0.3, -0.25) is 0 Å². The Morgan fingerprint density at radius 2 is 2.06 bits per heavy atom. The van der Waals surface area contributed by atoms with Gasteiger partial charge in [0.05, 0.1) is 16.2 Å². The topological polar surface area (TPSA) is 85.9 Å². The summed E-state index contributed by atoms with van der Waals surface area (Å²) in [7, 11) is -3.22. The Kier molecular flexibility index (Phi) is 2.51. The Morgan fingerprint density at radius 3 is 2.75 bits per heavy atom. The summed E-state index contributed by atoms with van der Waals surface area (Å²) >= 11 is 0. The standard InChI is InChI=1S/C10H11N3O2S/c1-2-16(14,15)7-3-4-9-8(5-7)10(11)13-6-12-9/h3-6H,2H2,1H3,(H2,11,12,13). The monoisotopic (exact) mass is 237 g/mol. The number of benzene rings is 1. The van der Waals surface area contributed by atoms with Gasteiger partial charge in [-0.25, -0.2) is 18.4 Å². The molecule has 1 heterocycles. The summed E-state index contributed by atoms with van der Waals surface area (Å²) in [6.45, 7) is 1.60. The van der Waals surface area contributed by atoms with Gasteiger partial charge in [0.25, 0.3) is 0 Å². The molecule has 0 radical (unpaired) electrons. The van der Waals surface area contributed by atoms with Crippen molar-refractivity contribution in [1.82, 2.24) is 9.97 Å². The van der Waals surface area contributed by atoms with Crippen LogP contribution in [0.25, 0.3) is 10.9 Å². The van der Waals surface area contributed by atoms with Crippen LogP contribution in [0.5, 0.6) is 0 Å². The predicted molar refractivity (Wildman–Crippen MR) is 61.7 cm³/mol. The Labute approximate surface area is 93.2 Å². The lowest BCUT2D eigenvalue weighted by Crippen LogP contribution is -2.04. The Balaban J connectivity index is 2.74. The van der Waals surface area contributed by atoms with Crippen molar-refractivity contribution in [2.75, 3.05) is 11.5 Å². The molecule has 0 aliphatic heterocycles. The molecule has 2 N–H and O–H groups in total. The summed E-state index contributed by atoms with van der Waals surface area (Å²) in [5, 5.41) is 0.567. The number of fused-ring (bicyclic) bond motifs is 1. The quantitative estimate of drug-likeness (QED) is 0.842. The normalized spacial score (nSPS) is 11.8. The third-order valence-corrected chi connectivity index (χ3v) is 4.11.